The zero-order valence-electron chi connectivity index (χ0n) is 16.7. The molecule has 7 nitrogen and oxygen atoms in total. The number of methoxy groups -OCH3 is 1. The van der Waals surface area contributed by atoms with Crippen LogP contribution in [0, 0.1) is 13.8 Å². The lowest BCUT2D eigenvalue weighted by atomic mass is 10.1. The smallest absolute Gasteiger partial charge is 0.257 e. The zero-order chi connectivity index (χ0) is 20.5. The van der Waals surface area contributed by atoms with Gasteiger partial charge in [0.15, 0.2) is 5.65 Å². The lowest BCUT2D eigenvalue weighted by Crippen LogP contribution is -2.27. The zero-order valence-corrected chi connectivity index (χ0v) is 16.7. The third-order valence-corrected chi connectivity index (χ3v) is 5.07. The number of anilines is 1. The van der Waals surface area contributed by atoms with E-state index in [9.17, 15) is 4.79 Å². The van der Waals surface area contributed by atoms with E-state index in [-0.39, 0.29) is 5.91 Å². The Balaban J connectivity index is 1.98. The number of ether oxygens (including phenoxy) is 1. The molecule has 2 aromatic carbocycles. The SMILES string of the molecule is COCCNC(=O)c1c(N)n(-c2ccc(C)c(C)c2)c2nc3ccccc3nc12. The quantitative estimate of drug-likeness (QED) is 0.511. The van der Waals surface area contributed by atoms with Crippen molar-refractivity contribution in [3.8, 4) is 5.69 Å². The molecule has 0 radical (unpaired) electrons. The predicted molar refractivity (Wildman–Crippen MR) is 114 cm³/mol. The fourth-order valence-electron chi connectivity index (χ4n) is 3.37. The number of carbonyl (C=O) groups excluding carboxylic acids is 1. The number of nitrogens with zero attached hydrogens (tertiary/aromatic N) is 3. The van der Waals surface area contributed by atoms with Gasteiger partial charge < -0.3 is 15.8 Å². The van der Waals surface area contributed by atoms with Crippen LogP contribution in [-0.4, -0.2) is 40.7 Å². The van der Waals surface area contributed by atoms with Crippen molar-refractivity contribution in [1.29, 1.82) is 0 Å². The third-order valence-electron chi connectivity index (χ3n) is 5.07. The summed E-state index contributed by atoms with van der Waals surface area (Å²) >= 11 is 0. The molecule has 0 bridgehead atoms. The third kappa shape index (κ3) is 3.30. The van der Waals surface area contributed by atoms with Gasteiger partial charge in [-0.25, -0.2) is 9.97 Å². The number of hydrogen-bond acceptors (Lipinski definition) is 5. The van der Waals surface area contributed by atoms with E-state index in [2.05, 4.69) is 12.2 Å². The van der Waals surface area contributed by atoms with Gasteiger partial charge in [-0.1, -0.05) is 18.2 Å². The number of carbonyl (C=O) groups is 1. The van der Waals surface area contributed by atoms with Crippen LogP contribution in [0.3, 0.4) is 0 Å². The molecule has 0 fully saturated rings. The van der Waals surface area contributed by atoms with Crippen LogP contribution in [0.5, 0.6) is 0 Å². The molecule has 4 rings (SSSR count). The number of nitrogens with two attached hydrogens (primary N) is 1. The van der Waals surface area contributed by atoms with Gasteiger partial charge in [0.2, 0.25) is 0 Å². The monoisotopic (exact) mass is 389 g/mol. The minimum absolute atomic E-state index is 0.295. The van der Waals surface area contributed by atoms with E-state index in [1.165, 1.54) is 5.56 Å². The van der Waals surface area contributed by atoms with E-state index in [0.717, 1.165) is 16.8 Å². The number of para-hydroxylation sites is 2. The fraction of sp³-hybridized carbons (Fsp3) is 0.227. The maximum absolute atomic E-state index is 12.9. The molecule has 29 heavy (non-hydrogen) atoms. The molecule has 7 heteroatoms. The summed E-state index contributed by atoms with van der Waals surface area (Å²) in [6.45, 7) is 4.89. The van der Waals surface area contributed by atoms with Crippen molar-refractivity contribution in [2.24, 2.45) is 0 Å². The Morgan fingerprint density at radius 3 is 2.52 bits per heavy atom. The molecule has 2 aromatic heterocycles. The predicted octanol–water partition coefficient (Wildman–Crippen LogP) is 3.15. The molecule has 0 spiro atoms. The van der Waals surface area contributed by atoms with Crippen LogP contribution in [-0.2, 0) is 4.74 Å². The number of fused-ring (bicyclic) bond motifs is 2. The second-order valence-electron chi connectivity index (χ2n) is 7.00. The lowest BCUT2D eigenvalue weighted by molar-refractivity contribution is 0.0939. The highest BCUT2D eigenvalue weighted by Crippen LogP contribution is 2.31. The number of rotatable bonds is 5. The Bertz CT molecular complexity index is 1230. The Morgan fingerprint density at radius 2 is 1.83 bits per heavy atom. The van der Waals surface area contributed by atoms with Crippen molar-refractivity contribution in [2.45, 2.75) is 13.8 Å². The average Bonchev–Trinajstić information content (AvgIpc) is 2.99. The summed E-state index contributed by atoms with van der Waals surface area (Å²) in [5, 5.41) is 2.84. The molecule has 0 unspecified atom stereocenters. The summed E-state index contributed by atoms with van der Waals surface area (Å²) < 4.78 is 6.82. The highest BCUT2D eigenvalue weighted by atomic mass is 16.5. The minimum atomic E-state index is -0.295. The molecule has 0 saturated heterocycles. The van der Waals surface area contributed by atoms with Crippen LogP contribution < -0.4 is 11.1 Å². The van der Waals surface area contributed by atoms with E-state index in [4.69, 9.17) is 20.4 Å². The van der Waals surface area contributed by atoms with Gasteiger partial charge in [-0.2, -0.15) is 0 Å². The number of nitrogens with one attached hydrogen (secondary N) is 1. The van der Waals surface area contributed by atoms with Gasteiger partial charge in [0.25, 0.3) is 5.91 Å². The number of aromatic nitrogens is 3. The van der Waals surface area contributed by atoms with Crippen LogP contribution >= 0.6 is 0 Å². The first-order valence-corrected chi connectivity index (χ1v) is 9.42. The van der Waals surface area contributed by atoms with E-state index in [1.807, 2.05) is 49.4 Å². The lowest BCUT2D eigenvalue weighted by Gasteiger charge is -2.10. The van der Waals surface area contributed by atoms with Crippen molar-refractivity contribution in [3.63, 3.8) is 0 Å². The molecule has 2 heterocycles. The Kier molecular flexibility index (Phi) is 4.90. The average molecular weight is 389 g/mol. The molecule has 0 aliphatic carbocycles. The topological polar surface area (TPSA) is 95.1 Å². The molecule has 1 amide bonds. The van der Waals surface area contributed by atoms with Gasteiger partial charge in [0, 0.05) is 19.3 Å². The first kappa shape index (κ1) is 18.9. The number of hydrogen-bond donors (Lipinski definition) is 2. The Morgan fingerprint density at radius 1 is 1.10 bits per heavy atom. The number of amides is 1. The Labute approximate surface area is 168 Å². The maximum Gasteiger partial charge on any atom is 0.257 e. The molecule has 0 aliphatic rings. The van der Waals surface area contributed by atoms with Crippen LogP contribution in [0.15, 0.2) is 42.5 Å². The second kappa shape index (κ2) is 7.52. The summed E-state index contributed by atoms with van der Waals surface area (Å²) in [5.41, 5.74) is 12.5. The number of aryl methyl sites for hydroxylation is 2. The normalized spacial score (nSPS) is 11.3. The van der Waals surface area contributed by atoms with Gasteiger partial charge in [0.05, 0.1) is 17.6 Å². The number of nitrogen functional groups attached to an aromatic ring is 1. The highest BCUT2D eigenvalue weighted by molar-refractivity contribution is 6.11. The first-order chi connectivity index (χ1) is 14.0. The van der Waals surface area contributed by atoms with E-state index in [1.54, 1.807) is 11.7 Å². The summed E-state index contributed by atoms with van der Waals surface area (Å²) in [6, 6.07) is 13.6. The van der Waals surface area contributed by atoms with Gasteiger partial charge in [-0.3, -0.25) is 9.36 Å². The van der Waals surface area contributed by atoms with Gasteiger partial charge in [0.1, 0.15) is 16.9 Å². The molecule has 0 saturated carbocycles. The van der Waals surface area contributed by atoms with Crippen LogP contribution in [0.2, 0.25) is 0 Å². The second-order valence-corrected chi connectivity index (χ2v) is 7.00. The van der Waals surface area contributed by atoms with Crippen LogP contribution in [0.1, 0.15) is 21.5 Å². The molecular weight excluding hydrogens is 366 g/mol. The molecule has 3 N–H and O–H groups in total. The summed E-state index contributed by atoms with van der Waals surface area (Å²) in [4.78, 5) is 22.4. The molecular formula is C22H23N5O2. The maximum atomic E-state index is 12.9. The van der Waals surface area contributed by atoms with Gasteiger partial charge in [-0.05, 0) is 49.2 Å². The Hall–Kier alpha value is -3.45. The summed E-state index contributed by atoms with van der Waals surface area (Å²) in [5.74, 6) is 0.0187. The molecule has 0 atom stereocenters. The van der Waals surface area contributed by atoms with Crippen molar-refractivity contribution in [3.05, 3.63) is 59.2 Å². The largest absolute Gasteiger partial charge is 0.384 e. The van der Waals surface area contributed by atoms with Gasteiger partial charge in [-0.15, -0.1) is 0 Å². The summed E-state index contributed by atoms with van der Waals surface area (Å²) in [6.07, 6.45) is 0. The van der Waals surface area contributed by atoms with E-state index < -0.39 is 0 Å². The highest BCUT2D eigenvalue weighted by Gasteiger charge is 2.24. The summed E-state index contributed by atoms with van der Waals surface area (Å²) in [7, 11) is 1.59. The van der Waals surface area contributed by atoms with Crippen molar-refractivity contribution in [1.82, 2.24) is 19.9 Å². The fourth-order valence-corrected chi connectivity index (χ4v) is 3.37. The van der Waals surface area contributed by atoms with Crippen molar-refractivity contribution >= 4 is 33.9 Å². The van der Waals surface area contributed by atoms with E-state index >= 15 is 0 Å². The van der Waals surface area contributed by atoms with Crippen LogP contribution in [0.25, 0.3) is 27.9 Å². The standard InChI is InChI=1S/C22H23N5O2/c1-13-8-9-15(12-14(13)2)27-20(23)18(22(28)24-10-11-29-3)19-21(27)26-17-7-5-4-6-16(17)25-19/h4-9,12H,10-11,23H2,1-3H3,(H,24,28). The first-order valence-electron chi connectivity index (χ1n) is 9.42. The molecule has 4 aromatic rings. The molecule has 148 valence electrons. The van der Waals surface area contributed by atoms with Crippen molar-refractivity contribution in [2.75, 3.05) is 26.0 Å². The van der Waals surface area contributed by atoms with Crippen molar-refractivity contribution < 1.29 is 9.53 Å². The molecule has 0 aliphatic heterocycles. The van der Waals surface area contributed by atoms with E-state index in [0.29, 0.717) is 41.2 Å². The van der Waals surface area contributed by atoms with Crippen LogP contribution in [0.4, 0.5) is 5.82 Å². The number of benzene rings is 2. The minimum Gasteiger partial charge on any atom is -0.384 e. The van der Waals surface area contributed by atoms with Gasteiger partial charge >= 0.3 is 0 Å².